The molecule has 8 nitrogen and oxygen atoms in total. The minimum Gasteiger partial charge on any atom is -0.394 e. The molecule has 1 fully saturated rings. The van der Waals surface area contributed by atoms with Crippen molar-refractivity contribution in [2.45, 2.75) is 37.6 Å². The molecule has 118 valence electrons. The van der Waals surface area contributed by atoms with Crippen LogP contribution in [-0.2, 0) is 4.74 Å². The molecule has 1 heterocycles. The first-order valence-corrected chi connectivity index (χ1v) is 6.92. The number of alkyl halides is 1. The Balaban J connectivity index is 2.81. The minimum absolute atomic E-state index is 0.205. The summed E-state index contributed by atoms with van der Waals surface area (Å²) in [4.78, 5) is 13.1. The summed E-state index contributed by atoms with van der Waals surface area (Å²) in [6.07, 6.45) is -6.65. The molecule has 1 saturated heterocycles. The molecule has 0 aromatic rings. The fourth-order valence-electron chi connectivity index (χ4n) is 2.03. The summed E-state index contributed by atoms with van der Waals surface area (Å²) in [5, 5.41) is 40.9. The maximum atomic E-state index is 11.9. The van der Waals surface area contributed by atoms with Gasteiger partial charge in [-0.3, -0.25) is 4.90 Å². The van der Waals surface area contributed by atoms with E-state index in [0.717, 1.165) is 4.90 Å². The minimum atomic E-state index is -1.51. The number of amides is 2. The van der Waals surface area contributed by atoms with Crippen LogP contribution in [0.3, 0.4) is 0 Å². The molecule has 1 aliphatic heterocycles. The Morgan fingerprint density at radius 3 is 2.45 bits per heavy atom. The molecular formula is C11H21ClN2O6. The van der Waals surface area contributed by atoms with Gasteiger partial charge in [-0.15, -0.1) is 11.6 Å². The number of halogens is 1. The van der Waals surface area contributed by atoms with E-state index < -0.39 is 43.3 Å². The van der Waals surface area contributed by atoms with Gasteiger partial charge >= 0.3 is 6.03 Å². The summed E-state index contributed by atoms with van der Waals surface area (Å²) in [5.74, 6) is 0.234. The zero-order valence-electron chi connectivity index (χ0n) is 11.1. The molecule has 1 rings (SSSR count). The van der Waals surface area contributed by atoms with Crippen molar-refractivity contribution >= 4 is 17.6 Å². The molecule has 0 aromatic carbocycles. The highest BCUT2D eigenvalue weighted by atomic mass is 35.5. The number of hydrogen-bond acceptors (Lipinski definition) is 6. The monoisotopic (exact) mass is 312 g/mol. The Labute approximate surface area is 121 Å². The lowest BCUT2D eigenvalue weighted by molar-refractivity contribution is -0.256. The highest BCUT2D eigenvalue weighted by Crippen LogP contribution is 2.23. The summed E-state index contributed by atoms with van der Waals surface area (Å²) in [6.45, 7) is 1.58. The van der Waals surface area contributed by atoms with Gasteiger partial charge in [-0.1, -0.05) is 0 Å². The third-order valence-corrected chi connectivity index (χ3v) is 3.34. The van der Waals surface area contributed by atoms with E-state index in [1.165, 1.54) is 0 Å². The fraction of sp³-hybridized carbons (Fsp3) is 0.909. The third kappa shape index (κ3) is 3.72. The number of nitrogens with zero attached hydrogens (tertiary/aromatic N) is 1. The molecule has 0 bridgehead atoms. The van der Waals surface area contributed by atoms with E-state index in [2.05, 4.69) is 5.32 Å². The second-order valence-electron chi connectivity index (χ2n) is 4.43. The highest BCUT2D eigenvalue weighted by Gasteiger charge is 2.46. The predicted octanol–water partition coefficient (Wildman–Crippen LogP) is -1.94. The number of aliphatic hydroxyl groups is 4. The van der Waals surface area contributed by atoms with Gasteiger partial charge in [0.2, 0.25) is 0 Å². The largest absolute Gasteiger partial charge is 0.394 e. The van der Waals surface area contributed by atoms with Crippen molar-refractivity contribution in [3.8, 4) is 0 Å². The molecule has 5 atom stereocenters. The second kappa shape index (κ2) is 7.96. The van der Waals surface area contributed by atoms with Crippen LogP contribution in [0.2, 0.25) is 0 Å². The Hall–Kier alpha value is -0.640. The first kappa shape index (κ1) is 17.4. The summed E-state index contributed by atoms with van der Waals surface area (Å²) in [6, 6.07) is -0.516. The molecule has 5 N–H and O–H groups in total. The Morgan fingerprint density at radius 1 is 1.30 bits per heavy atom. The predicted molar refractivity (Wildman–Crippen MR) is 70.3 cm³/mol. The Morgan fingerprint density at radius 2 is 1.95 bits per heavy atom. The molecule has 2 amide bonds. The van der Waals surface area contributed by atoms with Crippen LogP contribution in [0.25, 0.3) is 0 Å². The highest BCUT2D eigenvalue weighted by molar-refractivity contribution is 6.18. The number of nitrogens with one attached hydrogen (secondary N) is 1. The van der Waals surface area contributed by atoms with Gasteiger partial charge in [0.1, 0.15) is 24.4 Å². The lowest BCUT2D eigenvalue weighted by atomic mass is 9.98. The second-order valence-corrected chi connectivity index (χ2v) is 4.80. The summed E-state index contributed by atoms with van der Waals surface area (Å²) in [7, 11) is 0. The number of carbonyl (C=O) groups is 1. The third-order valence-electron chi connectivity index (χ3n) is 3.15. The first-order valence-electron chi connectivity index (χ1n) is 6.38. The van der Waals surface area contributed by atoms with Crippen LogP contribution in [0.4, 0.5) is 4.79 Å². The van der Waals surface area contributed by atoms with Crippen LogP contribution in [0.15, 0.2) is 0 Å². The van der Waals surface area contributed by atoms with Crippen LogP contribution in [0.5, 0.6) is 0 Å². The van der Waals surface area contributed by atoms with Gasteiger partial charge < -0.3 is 30.5 Å². The van der Waals surface area contributed by atoms with Crippen LogP contribution >= 0.6 is 11.6 Å². The standard InChI is InChI=1S/C11H21ClN2O6/c1-2-14(11(19)13-4-3-12)10-9(18)8(17)7(16)6(5-15)20-10/h6-10,15-18H,2-5H2,1H3,(H,13,19)/t6-,7-,8+,9-,10?/m1/s1. The quantitative estimate of drug-likeness (QED) is 0.376. The van der Waals surface area contributed by atoms with Gasteiger partial charge in [0.25, 0.3) is 0 Å². The van der Waals surface area contributed by atoms with Crippen molar-refractivity contribution in [1.82, 2.24) is 10.2 Å². The average molecular weight is 313 g/mol. The fourth-order valence-corrected chi connectivity index (χ4v) is 2.13. The number of likely N-dealkylation sites (N-methyl/N-ethyl adjacent to an activating group) is 1. The van der Waals surface area contributed by atoms with Crippen molar-refractivity contribution in [1.29, 1.82) is 0 Å². The molecule has 1 unspecified atom stereocenters. The molecule has 0 spiro atoms. The van der Waals surface area contributed by atoms with Gasteiger partial charge in [0, 0.05) is 19.0 Å². The van der Waals surface area contributed by atoms with Crippen molar-refractivity contribution in [2.75, 3.05) is 25.6 Å². The molecule has 0 aromatic heterocycles. The van der Waals surface area contributed by atoms with Crippen molar-refractivity contribution in [3.05, 3.63) is 0 Å². The first-order chi connectivity index (χ1) is 9.47. The van der Waals surface area contributed by atoms with E-state index in [9.17, 15) is 20.1 Å². The van der Waals surface area contributed by atoms with Crippen LogP contribution < -0.4 is 5.32 Å². The summed E-state index contributed by atoms with van der Waals surface area (Å²) < 4.78 is 5.31. The maximum absolute atomic E-state index is 11.9. The van der Waals surface area contributed by atoms with Gasteiger partial charge in [-0.05, 0) is 6.92 Å². The van der Waals surface area contributed by atoms with Crippen LogP contribution in [0, 0.1) is 0 Å². The number of rotatable bonds is 5. The maximum Gasteiger partial charge on any atom is 0.319 e. The van der Waals surface area contributed by atoms with Crippen LogP contribution in [-0.4, -0.2) is 87.6 Å². The van der Waals surface area contributed by atoms with Crippen molar-refractivity contribution in [3.63, 3.8) is 0 Å². The van der Waals surface area contributed by atoms with E-state index in [1.54, 1.807) is 6.92 Å². The van der Waals surface area contributed by atoms with Crippen LogP contribution in [0.1, 0.15) is 6.92 Å². The topological polar surface area (TPSA) is 122 Å². The Kier molecular flexibility index (Phi) is 6.93. The van der Waals surface area contributed by atoms with E-state index in [1.807, 2.05) is 0 Å². The number of carbonyl (C=O) groups excluding carboxylic acids is 1. The molecule has 0 saturated carbocycles. The van der Waals surface area contributed by atoms with E-state index in [0.29, 0.717) is 0 Å². The number of aliphatic hydroxyl groups excluding tert-OH is 4. The molecular weight excluding hydrogens is 292 g/mol. The SMILES string of the molecule is CCN(C(=O)NCCCl)C1O[C@H](CO)[C@@H](O)[C@H](O)[C@H]1O. The van der Waals surface area contributed by atoms with Crippen molar-refractivity contribution in [2.24, 2.45) is 0 Å². The summed E-state index contributed by atoms with van der Waals surface area (Å²) >= 11 is 5.48. The van der Waals surface area contributed by atoms with E-state index in [4.69, 9.17) is 21.4 Å². The average Bonchev–Trinajstić information content (AvgIpc) is 2.45. The van der Waals surface area contributed by atoms with Gasteiger partial charge in [-0.2, -0.15) is 0 Å². The zero-order chi connectivity index (χ0) is 15.3. The molecule has 0 radical (unpaired) electrons. The zero-order valence-corrected chi connectivity index (χ0v) is 11.9. The van der Waals surface area contributed by atoms with Crippen molar-refractivity contribution < 1.29 is 30.0 Å². The van der Waals surface area contributed by atoms with Gasteiger partial charge in [0.15, 0.2) is 6.23 Å². The summed E-state index contributed by atoms with van der Waals surface area (Å²) in [5.41, 5.74) is 0. The molecule has 0 aliphatic carbocycles. The molecule has 1 aliphatic rings. The number of urea groups is 1. The van der Waals surface area contributed by atoms with E-state index in [-0.39, 0.29) is 19.0 Å². The lowest BCUT2D eigenvalue weighted by Crippen LogP contribution is -2.65. The Bertz CT molecular complexity index is 319. The molecule has 20 heavy (non-hydrogen) atoms. The number of ether oxygens (including phenoxy) is 1. The number of hydrogen-bond donors (Lipinski definition) is 5. The molecule has 9 heteroatoms. The normalized spacial score (nSPS) is 33.8. The van der Waals surface area contributed by atoms with Gasteiger partial charge in [0.05, 0.1) is 6.61 Å². The van der Waals surface area contributed by atoms with Gasteiger partial charge in [-0.25, -0.2) is 4.79 Å². The van der Waals surface area contributed by atoms with E-state index >= 15 is 0 Å². The smallest absolute Gasteiger partial charge is 0.319 e. The lowest BCUT2D eigenvalue weighted by Gasteiger charge is -2.44.